The third-order valence-electron chi connectivity index (χ3n) is 16.7. The summed E-state index contributed by atoms with van der Waals surface area (Å²) in [6.45, 7) is 3.83. The molecule has 0 aliphatic carbocycles. The molecule has 482 valence electrons. The highest BCUT2D eigenvalue weighted by molar-refractivity contribution is 7.47. The van der Waals surface area contributed by atoms with Crippen molar-refractivity contribution in [1.82, 2.24) is 0 Å². The Hall–Kier alpha value is -1.25. The Morgan fingerprint density at radius 2 is 0.605 bits per heavy atom. The zero-order valence-corrected chi connectivity index (χ0v) is 55.2. The largest absolute Gasteiger partial charge is 0.472 e. The van der Waals surface area contributed by atoms with E-state index in [0.717, 1.165) is 32.1 Å². The summed E-state index contributed by atoms with van der Waals surface area (Å²) in [5, 5.41) is 0. The van der Waals surface area contributed by atoms with Crippen LogP contribution < -0.4 is 5.73 Å². The van der Waals surface area contributed by atoms with Crippen LogP contribution in [0.4, 0.5) is 0 Å². The number of unbranched alkanes of at least 4 members (excludes halogenated alkanes) is 55. The van der Waals surface area contributed by atoms with Gasteiger partial charge in [0.2, 0.25) is 0 Å². The van der Waals surface area contributed by atoms with Gasteiger partial charge in [0.15, 0.2) is 6.10 Å². The molecule has 0 aliphatic rings. The summed E-state index contributed by atoms with van der Waals surface area (Å²) < 4.78 is 33.2. The van der Waals surface area contributed by atoms with Gasteiger partial charge in [-0.05, 0) is 38.5 Å². The molecule has 0 rings (SSSR count). The Labute approximate surface area is 504 Å². The SMILES string of the molecule is CCCCCCCCCC/C=C\CCCCCCCCCCCCCC(=O)OC(COC(=O)CCCCCCCCCCCCCCCCCCCCCCCCCCCCCCCCCCCCCCC)COP(=O)(O)OCCN. The van der Waals surface area contributed by atoms with E-state index < -0.39 is 26.5 Å². The van der Waals surface area contributed by atoms with E-state index in [1.807, 2.05) is 0 Å². The predicted molar refractivity (Wildman–Crippen MR) is 349 cm³/mol. The molecule has 0 bridgehead atoms. The molecule has 0 aromatic carbocycles. The number of ether oxygens (including phenoxy) is 2. The van der Waals surface area contributed by atoms with Crippen molar-refractivity contribution in [1.29, 1.82) is 0 Å². The van der Waals surface area contributed by atoms with E-state index in [4.69, 9.17) is 24.3 Å². The van der Waals surface area contributed by atoms with Gasteiger partial charge in [-0.15, -0.1) is 0 Å². The number of allylic oxidation sites excluding steroid dienone is 2. The minimum absolute atomic E-state index is 0.0570. The molecule has 2 atom stereocenters. The van der Waals surface area contributed by atoms with Crippen molar-refractivity contribution < 1.29 is 37.6 Å². The topological polar surface area (TPSA) is 134 Å². The van der Waals surface area contributed by atoms with Crippen molar-refractivity contribution in [2.24, 2.45) is 5.73 Å². The third kappa shape index (κ3) is 67.7. The molecule has 0 radical (unpaired) electrons. The summed E-state index contributed by atoms with van der Waals surface area (Å²) in [5.74, 6) is -0.803. The average molecular weight is 1170 g/mol. The van der Waals surface area contributed by atoms with Crippen LogP contribution in [0.5, 0.6) is 0 Å². The monoisotopic (exact) mass is 1170 g/mol. The fourth-order valence-electron chi connectivity index (χ4n) is 11.3. The van der Waals surface area contributed by atoms with E-state index in [2.05, 4.69) is 26.0 Å². The number of nitrogens with two attached hydrogens (primary N) is 1. The number of hydrogen-bond donors (Lipinski definition) is 2. The maximum Gasteiger partial charge on any atom is 0.472 e. The van der Waals surface area contributed by atoms with E-state index in [-0.39, 0.29) is 38.6 Å². The Bertz CT molecular complexity index is 1330. The van der Waals surface area contributed by atoms with Crippen LogP contribution in [-0.2, 0) is 32.7 Å². The van der Waals surface area contributed by atoms with Gasteiger partial charge in [-0.2, -0.15) is 0 Å². The molecule has 0 aromatic rings. The minimum atomic E-state index is -4.39. The van der Waals surface area contributed by atoms with E-state index >= 15 is 0 Å². The highest BCUT2D eigenvalue weighted by Gasteiger charge is 2.26. The van der Waals surface area contributed by atoms with Crippen LogP contribution in [0.1, 0.15) is 399 Å². The van der Waals surface area contributed by atoms with Crippen LogP contribution in [0.2, 0.25) is 0 Å². The molecular formula is C71H140NO8P. The van der Waals surface area contributed by atoms with Crippen molar-refractivity contribution in [3.05, 3.63) is 12.2 Å². The van der Waals surface area contributed by atoms with Gasteiger partial charge in [-0.25, -0.2) is 4.57 Å². The van der Waals surface area contributed by atoms with E-state index in [9.17, 15) is 19.0 Å². The van der Waals surface area contributed by atoms with Crippen LogP contribution in [0.15, 0.2) is 12.2 Å². The van der Waals surface area contributed by atoms with Crippen molar-refractivity contribution in [3.8, 4) is 0 Å². The van der Waals surface area contributed by atoms with Crippen LogP contribution in [0.25, 0.3) is 0 Å². The molecule has 0 heterocycles. The highest BCUT2D eigenvalue weighted by atomic mass is 31.2. The summed E-state index contributed by atoms with van der Waals surface area (Å²) in [7, 11) is -4.39. The Morgan fingerprint density at radius 1 is 0.358 bits per heavy atom. The fraction of sp³-hybridized carbons (Fsp3) is 0.944. The average Bonchev–Trinajstić information content (AvgIpc) is 3.46. The van der Waals surface area contributed by atoms with Gasteiger partial charge in [-0.1, -0.05) is 360 Å². The number of rotatable bonds is 70. The molecule has 3 N–H and O–H groups in total. The molecular weight excluding hydrogens is 1030 g/mol. The molecule has 0 aliphatic heterocycles. The number of carbonyl (C=O) groups is 2. The molecule has 10 heteroatoms. The van der Waals surface area contributed by atoms with E-state index in [1.165, 1.54) is 334 Å². The molecule has 0 fully saturated rings. The van der Waals surface area contributed by atoms with Gasteiger partial charge < -0.3 is 20.1 Å². The maximum atomic E-state index is 12.7. The summed E-state index contributed by atoms with van der Waals surface area (Å²) in [5.41, 5.74) is 5.40. The second-order valence-electron chi connectivity index (χ2n) is 24.8. The normalized spacial score (nSPS) is 12.9. The summed E-state index contributed by atoms with van der Waals surface area (Å²) in [4.78, 5) is 35.3. The smallest absolute Gasteiger partial charge is 0.462 e. The lowest BCUT2D eigenvalue weighted by Gasteiger charge is -2.19. The first-order chi connectivity index (χ1) is 39.8. The zero-order valence-electron chi connectivity index (χ0n) is 54.3. The quantitative estimate of drug-likeness (QED) is 0.0264. The molecule has 0 spiro atoms. The number of esters is 2. The van der Waals surface area contributed by atoms with E-state index in [1.54, 1.807) is 0 Å². The van der Waals surface area contributed by atoms with Gasteiger partial charge in [0, 0.05) is 19.4 Å². The molecule has 0 saturated carbocycles. The van der Waals surface area contributed by atoms with E-state index in [0.29, 0.717) is 6.42 Å². The van der Waals surface area contributed by atoms with Crippen LogP contribution in [-0.4, -0.2) is 49.3 Å². The predicted octanol–water partition coefficient (Wildman–Crippen LogP) is 23.5. The van der Waals surface area contributed by atoms with Gasteiger partial charge >= 0.3 is 19.8 Å². The second kappa shape index (κ2) is 67.9. The Morgan fingerprint density at radius 3 is 0.877 bits per heavy atom. The van der Waals surface area contributed by atoms with Gasteiger partial charge in [0.1, 0.15) is 6.61 Å². The van der Waals surface area contributed by atoms with Gasteiger partial charge in [0.25, 0.3) is 0 Å². The second-order valence-corrected chi connectivity index (χ2v) is 26.3. The number of phosphoric ester groups is 1. The summed E-state index contributed by atoms with van der Waals surface area (Å²) in [6, 6.07) is 0. The molecule has 0 aromatic heterocycles. The lowest BCUT2D eigenvalue weighted by atomic mass is 10.0. The van der Waals surface area contributed by atoms with Crippen molar-refractivity contribution in [3.63, 3.8) is 0 Å². The maximum absolute atomic E-state index is 12.7. The first kappa shape index (κ1) is 79.8. The van der Waals surface area contributed by atoms with Crippen molar-refractivity contribution in [2.75, 3.05) is 26.4 Å². The van der Waals surface area contributed by atoms with Crippen molar-refractivity contribution >= 4 is 19.8 Å². The lowest BCUT2D eigenvalue weighted by molar-refractivity contribution is -0.161. The van der Waals surface area contributed by atoms with Crippen molar-refractivity contribution in [2.45, 2.75) is 405 Å². The highest BCUT2D eigenvalue weighted by Crippen LogP contribution is 2.43. The lowest BCUT2D eigenvalue weighted by Crippen LogP contribution is -2.29. The molecule has 9 nitrogen and oxygen atoms in total. The molecule has 2 unspecified atom stereocenters. The fourth-order valence-corrected chi connectivity index (χ4v) is 12.1. The van der Waals surface area contributed by atoms with Gasteiger partial charge in [0.05, 0.1) is 13.2 Å². The first-order valence-corrected chi connectivity index (χ1v) is 37.7. The van der Waals surface area contributed by atoms with Gasteiger partial charge in [-0.3, -0.25) is 18.6 Å². The Kier molecular flexibility index (Phi) is 66.8. The third-order valence-corrected chi connectivity index (χ3v) is 17.6. The standard InChI is InChI=1S/C71H140NO8P/c1-3-5-7-9-11-13-15-17-19-21-23-25-27-28-29-30-31-32-33-34-35-36-37-38-39-40-42-43-45-47-49-51-53-55-57-59-61-63-70(73)77-67-69(68-79-81(75,76)78-66-65-72)80-71(74)64-62-60-58-56-54-52-50-48-46-44-41-26-24-22-20-18-16-14-12-10-8-6-4-2/h22,24,69H,3-21,23,25-68,72H2,1-2H3,(H,75,76)/b24-22-. The zero-order chi connectivity index (χ0) is 58.7. The minimum Gasteiger partial charge on any atom is -0.462 e. The Balaban J connectivity index is 3.75. The van der Waals surface area contributed by atoms with Crippen LogP contribution >= 0.6 is 7.82 Å². The molecule has 0 saturated heterocycles. The number of hydrogen-bond acceptors (Lipinski definition) is 8. The number of carbonyl (C=O) groups excluding carboxylic acids is 2. The number of phosphoric acid groups is 1. The first-order valence-electron chi connectivity index (χ1n) is 36.2. The summed E-state index contributed by atoms with van der Waals surface area (Å²) >= 11 is 0. The summed E-state index contributed by atoms with van der Waals surface area (Å²) in [6.07, 6.45) is 81.9. The molecule has 81 heavy (non-hydrogen) atoms. The van der Waals surface area contributed by atoms with Crippen LogP contribution in [0.3, 0.4) is 0 Å². The van der Waals surface area contributed by atoms with Crippen LogP contribution in [0, 0.1) is 0 Å². The molecule has 0 amide bonds.